The van der Waals surface area contributed by atoms with Crippen LogP contribution in [-0.2, 0) is 11.3 Å². The minimum atomic E-state index is -0.877. The number of carboxylic acids is 1. The molecule has 0 aromatic carbocycles. The van der Waals surface area contributed by atoms with E-state index < -0.39 is 11.9 Å². The third-order valence-corrected chi connectivity index (χ3v) is 3.20. The number of furan rings is 1. The molecule has 0 fully saturated rings. The molecule has 0 spiro atoms. The number of carbonyl (C=O) groups excluding carboxylic acids is 1. The smallest absolute Gasteiger partial charge is 0.317 e. The van der Waals surface area contributed by atoms with Crippen LogP contribution in [0.15, 0.2) is 22.8 Å². The van der Waals surface area contributed by atoms with E-state index in [4.69, 9.17) is 9.52 Å². The summed E-state index contributed by atoms with van der Waals surface area (Å²) in [7, 11) is 0. The largest absolute Gasteiger partial charge is 0.481 e. The first-order valence-electron chi connectivity index (χ1n) is 7.22. The van der Waals surface area contributed by atoms with Gasteiger partial charge in [0.1, 0.15) is 5.76 Å². The second-order valence-electron chi connectivity index (χ2n) is 5.44. The molecule has 1 aromatic heterocycles. The average Bonchev–Trinajstić information content (AvgIpc) is 2.92. The van der Waals surface area contributed by atoms with Crippen LogP contribution in [-0.4, -0.2) is 35.1 Å². The number of urea groups is 1. The van der Waals surface area contributed by atoms with Crippen molar-refractivity contribution in [3.05, 3.63) is 24.2 Å². The van der Waals surface area contributed by atoms with Crippen molar-refractivity contribution in [2.75, 3.05) is 13.1 Å². The summed E-state index contributed by atoms with van der Waals surface area (Å²) in [4.78, 5) is 24.8. The summed E-state index contributed by atoms with van der Waals surface area (Å²) >= 11 is 0. The van der Waals surface area contributed by atoms with Gasteiger partial charge in [-0.2, -0.15) is 0 Å². The Morgan fingerprint density at radius 3 is 2.62 bits per heavy atom. The molecule has 0 saturated heterocycles. The van der Waals surface area contributed by atoms with Crippen molar-refractivity contribution in [2.24, 2.45) is 11.8 Å². The SMILES string of the molecule is CCN(Cc1ccco1)C(=O)NCC(CC(C)C)C(=O)O. The van der Waals surface area contributed by atoms with E-state index in [9.17, 15) is 9.59 Å². The predicted octanol–water partition coefficient (Wildman–Crippen LogP) is 2.56. The standard InChI is InChI=1S/C15H24N2O4/c1-4-17(10-13-6-5-7-21-13)15(20)16-9-12(14(18)19)8-11(2)3/h5-7,11-12H,4,8-10H2,1-3H3,(H,16,20)(H,18,19). The molecule has 118 valence electrons. The minimum Gasteiger partial charge on any atom is -0.481 e. The van der Waals surface area contributed by atoms with E-state index in [0.29, 0.717) is 25.3 Å². The third kappa shape index (κ3) is 5.89. The van der Waals surface area contributed by atoms with Gasteiger partial charge < -0.3 is 19.7 Å². The number of rotatable bonds is 8. The summed E-state index contributed by atoms with van der Waals surface area (Å²) in [6.45, 7) is 6.83. The number of hydrogen-bond acceptors (Lipinski definition) is 3. The first-order chi connectivity index (χ1) is 9.93. The van der Waals surface area contributed by atoms with Crippen LogP contribution in [0.25, 0.3) is 0 Å². The fraction of sp³-hybridized carbons (Fsp3) is 0.600. The molecule has 0 aliphatic rings. The average molecular weight is 296 g/mol. The lowest BCUT2D eigenvalue weighted by atomic mass is 9.97. The second-order valence-corrected chi connectivity index (χ2v) is 5.44. The summed E-state index contributed by atoms with van der Waals surface area (Å²) in [6, 6.07) is 3.29. The molecule has 1 unspecified atom stereocenters. The number of carboxylic acid groups (broad SMARTS) is 1. The van der Waals surface area contributed by atoms with E-state index in [1.165, 1.54) is 0 Å². The maximum Gasteiger partial charge on any atom is 0.317 e. The molecule has 1 aromatic rings. The molecule has 21 heavy (non-hydrogen) atoms. The van der Waals surface area contributed by atoms with Crippen molar-refractivity contribution < 1.29 is 19.1 Å². The molecule has 2 N–H and O–H groups in total. The Morgan fingerprint density at radius 2 is 2.14 bits per heavy atom. The summed E-state index contributed by atoms with van der Waals surface area (Å²) in [5.41, 5.74) is 0. The van der Waals surface area contributed by atoms with E-state index in [2.05, 4.69) is 5.32 Å². The zero-order valence-corrected chi connectivity index (χ0v) is 12.8. The normalized spacial score (nSPS) is 12.2. The van der Waals surface area contributed by atoms with Crippen LogP contribution in [0.5, 0.6) is 0 Å². The fourth-order valence-corrected chi connectivity index (χ4v) is 2.08. The van der Waals surface area contributed by atoms with Crippen molar-refractivity contribution in [2.45, 2.75) is 33.7 Å². The van der Waals surface area contributed by atoms with Gasteiger partial charge in [-0.05, 0) is 31.4 Å². The Labute approximate surface area is 125 Å². The quantitative estimate of drug-likeness (QED) is 0.772. The fourth-order valence-electron chi connectivity index (χ4n) is 2.08. The van der Waals surface area contributed by atoms with Crippen LogP contribution in [0.3, 0.4) is 0 Å². The highest BCUT2D eigenvalue weighted by Crippen LogP contribution is 2.11. The van der Waals surface area contributed by atoms with Gasteiger partial charge in [-0.3, -0.25) is 4.79 Å². The lowest BCUT2D eigenvalue weighted by molar-refractivity contribution is -0.142. The van der Waals surface area contributed by atoms with Gasteiger partial charge in [0.2, 0.25) is 0 Å². The molecule has 6 nitrogen and oxygen atoms in total. The van der Waals surface area contributed by atoms with Gasteiger partial charge in [0.25, 0.3) is 0 Å². The maximum atomic E-state index is 12.1. The van der Waals surface area contributed by atoms with Crippen LogP contribution in [0, 0.1) is 11.8 Å². The number of nitrogens with zero attached hydrogens (tertiary/aromatic N) is 1. The Bertz CT molecular complexity index is 443. The molecule has 6 heteroatoms. The number of nitrogens with one attached hydrogen (secondary N) is 1. The van der Waals surface area contributed by atoms with E-state index in [0.717, 1.165) is 0 Å². The first-order valence-corrected chi connectivity index (χ1v) is 7.22. The minimum absolute atomic E-state index is 0.140. The van der Waals surface area contributed by atoms with Gasteiger partial charge >= 0.3 is 12.0 Å². The topological polar surface area (TPSA) is 82.8 Å². The molecule has 1 atom stereocenters. The highest BCUT2D eigenvalue weighted by atomic mass is 16.4. The predicted molar refractivity (Wildman–Crippen MR) is 78.8 cm³/mol. The van der Waals surface area contributed by atoms with Crippen LogP contribution in [0.4, 0.5) is 4.79 Å². The molecule has 0 aliphatic carbocycles. The monoisotopic (exact) mass is 296 g/mol. The van der Waals surface area contributed by atoms with Crippen molar-refractivity contribution in [1.29, 1.82) is 0 Å². The number of hydrogen-bond donors (Lipinski definition) is 2. The molecule has 2 amide bonds. The van der Waals surface area contributed by atoms with Crippen molar-refractivity contribution in [1.82, 2.24) is 10.2 Å². The number of carbonyl (C=O) groups is 2. The van der Waals surface area contributed by atoms with Gasteiger partial charge in [0, 0.05) is 13.1 Å². The van der Waals surface area contributed by atoms with Gasteiger partial charge in [-0.15, -0.1) is 0 Å². The molecule has 0 radical (unpaired) electrons. The van der Waals surface area contributed by atoms with Crippen LogP contribution in [0.1, 0.15) is 33.0 Å². The lowest BCUT2D eigenvalue weighted by Gasteiger charge is -2.22. The molecule has 0 bridgehead atoms. The molecule has 1 heterocycles. The number of amides is 2. The molecule has 0 aliphatic heterocycles. The van der Waals surface area contributed by atoms with Gasteiger partial charge in [-0.25, -0.2) is 4.79 Å². The van der Waals surface area contributed by atoms with Crippen molar-refractivity contribution in [3.63, 3.8) is 0 Å². The lowest BCUT2D eigenvalue weighted by Crippen LogP contribution is -2.42. The van der Waals surface area contributed by atoms with Crippen molar-refractivity contribution >= 4 is 12.0 Å². The summed E-state index contributed by atoms with van der Waals surface area (Å²) in [6.07, 6.45) is 2.10. The maximum absolute atomic E-state index is 12.1. The second kappa shape index (κ2) is 8.34. The first kappa shape index (κ1) is 17.1. The van der Waals surface area contributed by atoms with Gasteiger partial charge in [0.15, 0.2) is 0 Å². The van der Waals surface area contributed by atoms with E-state index in [-0.39, 0.29) is 18.5 Å². The molecular formula is C15H24N2O4. The zero-order chi connectivity index (χ0) is 15.8. The van der Waals surface area contributed by atoms with Crippen LogP contribution >= 0.6 is 0 Å². The zero-order valence-electron chi connectivity index (χ0n) is 12.8. The van der Waals surface area contributed by atoms with Crippen LogP contribution in [0.2, 0.25) is 0 Å². The Balaban J connectivity index is 2.51. The molecule has 1 rings (SSSR count). The molecule has 0 saturated carbocycles. The number of aliphatic carboxylic acids is 1. The van der Waals surface area contributed by atoms with Gasteiger partial charge in [-0.1, -0.05) is 13.8 Å². The highest BCUT2D eigenvalue weighted by Gasteiger charge is 2.21. The summed E-state index contributed by atoms with van der Waals surface area (Å²) < 4.78 is 5.22. The Morgan fingerprint density at radius 1 is 1.43 bits per heavy atom. The summed E-state index contributed by atoms with van der Waals surface area (Å²) in [5, 5.41) is 11.9. The molecular weight excluding hydrogens is 272 g/mol. The van der Waals surface area contributed by atoms with E-state index in [1.54, 1.807) is 23.3 Å². The van der Waals surface area contributed by atoms with E-state index in [1.807, 2.05) is 20.8 Å². The van der Waals surface area contributed by atoms with E-state index >= 15 is 0 Å². The summed E-state index contributed by atoms with van der Waals surface area (Å²) in [5.74, 6) is -0.466. The Kier molecular flexibility index (Phi) is 6.78. The van der Waals surface area contributed by atoms with Crippen LogP contribution < -0.4 is 5.32 Å². The third-order valence-electron chi connectivity index (χ3n) is 3.20. The van der Waals surface area contributed by atoms with Gasteiger partial charge in [0.05, 0.1) is 18.7 Å². The Hall–Kier alpha value is -1.98. The highest BCUT2D eigenvalue weighted by molar-refractivity contribution is 5.76. The van der Waals surface area contributed by atoms with Crippen molar-refractivity contribution in [3.8, 4) is 0 Å².